The van der Waals surface area contributed by atoms with Gasteiger partial charge in [0.05, 0.1) is 18.2 Å². The molecule has 5 rings (SSSR count). The van der Waals surface area contributed by atoms with Gasteiger partial charge in [-0.25, -0.2) is 4.79 Å². The Morgan fingerprint density at radius 1 is 1.03 bits per heavy atom. The summed E-state index contributed by atoms with van der Waals surface area (Å²) in [5, 5.41) is 4.61. The zero-order valence-electron chi connectivity index (χ0n) is 16.7. The van der Waals surface area contributed by atoms with Gasteiger partial charge in [-0.1, -0.05) is 12.1 Å². The molecule has 1 aromatic carbocycles. The minimum Gasteiger partial charge on any atom is -0.372 e. The molecule has 2 aromatic rings. The lowest BCUT2D eigenvalue weighted by molar-refractivity contribution is -0.153. The van der Waals surface area contributed by atoms with Gasteiger partial charge >= 0.3 is 6.03 Å². The van der Waals surface area contributed by atoms with Gasteiger partial charge in [0.25, 0.3) is 0 Å². The smallest absolute Gasteiger partial charge is 0.328 e. The van der Waals surface area contributed by atoms with E-state index in [9.17, 15) is 14.4 Å². The van der Waals surface area contributed by atoms with E-state index in [-0.39, 0.29) is 18.6 Å². The van der Waals surface area contributed by atoms with Crippen LogP contribution in [-0.4, -0.2) is 47.6 Å². The van der Waals surface area contributed by atoms with Crippen molar-refractivity contribution in [3.05, 3.63) is 48.3 Å². The van der Waals surface area contributed by atoms with Crippen LogP contribution in [0.3, 0.4) is 0 Å². The minimum atomic E-state index is -1.43. The number of hydrogen-bond acceptors (Lipinski definition) is 6. The Balaban J connectivity index is 1.67. The third kappa shape index (κ3) is 2.64. The molecule has 3 aliphatic heterocycles. The number of urea groups is 1. The lowest BCUT2D eigenvalue weighted by atomic mass is 9.66. The number of fused-ring (bicyclic) bond motifs is 4. The molecule has 4 heterocycles. The van der Waals surface area contributed by atoms with Crippen molar-refractivity contribution < 1.29 is 19.1 Å². The number of pyridine rings is 1. The quantitative estimate of drug-likeness (QED) is 0.699. The first-order valence-electron chi connectivity index (χ1n) is 10.0. The molecule has 3 atom stereocenters. The van der Waals surface area contributed by atoms with Crippen molar-refractivity contribution in [3.8, 4) is 11.1 Å². The van der Waals surface area contributed by atoms with Crippen LogP contribution in [0.15, 0.2) is 42.7 Å². The number of benzene rings is 1. The van der Waals surface area contributed by atoms with Gasteiger partial charge in [-0.05, 0) is 55.2 Å². The number of barbiturate groups is 1. The third-order valence-corrected chi connectivity index (χ3v) is 6.33. The van der Waals surface area contributed by atoms with Gasteiger partial charge in [0.15, 0.2) is 5.41 Å². The largest absolute Gasteiger partial charge is 0.372 e. The number of nitrogens with zero attached hydrogens (tertiary/aromatic N) is 2. The second-order valence-electron chi connectivity index (χ2n) is 8.21. The average molecular weight is 406 g/mol. The van der Waals surface area contributed by atoms with E-state index < -0.39 is 29.3 Å². The molecule has 154 valence electrons. The summed E-state index contributed by atoms with van der Waals surface area (Å²) in [7, 11) is 0. The molecule has 0 aliphatic carbocycles. The summed E-state index contributed by atoms with van der Waals surface area (Å²) in [5.41, 5.74) is 2.52. The second kappa shape index (κ2) is 6.63. The predicted octanol–water partition coefficient (Wildman–Crippen LogP) is 1.64. The van der Waals surface area contributed by atoms with Crippen LogP contribution < -0.4 is 15.5 Å². The van der Waals surface area contributed by atoms with Crippen LogP contribution in [0.4, 0.5) is 10.5 Å². The van der Waals surface area contributed by atoms with E-state index in [1.54, 1.807) is 12.4 Å². The van der Waals surface area contributed by atoms with E-state index in [0.29, 0.717) is 6.54 Å². The van der Waals surface area contributed by atoms with E-state index >= 15 is 0 Å². The van der Waals surface area contributed by atoms with Gasteiger partial charge in [-0.15, -0.1) is 0 Å². The maximum atomic E-state index is 13.1. The van der Waals surface area contributed by atoms with E-state index in [1.165, 1.54) is 0 Å². The molecular weight excluding hydrogens is 384 g/mol. The summed E-state index contributed by atoms with van der Waals surface area (Å²) in [6.07, 6.45) is 3.25. The number of rotatable bonds is 1. The van der Waals surface area contributed by atoms with Crippen LogP contribution in [0, 0.1) is 5.41 Å². The maximum absolute atomic E-state index is 13.1. The van der Waals surface area contributed by atoms with E-state index in [0.717, 1.165) is 22.4 Å². The molecule has 0 bridgehead atoms. The fraction of sp³-hybridized carbons (Fsp3) is 0.364. The molecule has 4 amide bonds. The lowest BCUT2D eigenvalue weighted by Gasteiger charge is -2.55. The molecule has 8 heteroatoms. The summed E-state index contributed by atoms with van der Waals surface area (Å²) in [5.74, 6) is -1.14. The molecule has 3 aliphatic rings. The van der Waals surface area contributed by atoms with Crippen molar-refractivity contribution in [1.82, 2.24) is 15.6 Å². The Morgan fingerprint density at radius 2 is 1.73 bits per heavy atom. The highest BCUT2D eigenvalue weighted by Crippen LogP contribution is 2.47. The van der Waals surface area contributed by atoms with Gasteiger partial charge in [-0.3, -0.25) is 25.2 Å². The first-order valence-corrected chi connectivity index (χ1v) is 10.0. The number of aromatic nitrogens is 1. The Morgan fingerprint density at radius 3 is 2.43 bits per heavy atom. The highest BCUT2D eigenvalue weighted by Gasteiger charge is 2.62. The maximum Gasteiger partial charge on any atom is 0.328 e. The first-order chi connectivity index (χ1) is 14.4. The zero-order valence-corrected chi connectivity index (χ0v) is 16.7. The fourth-order valence-electron chi connectivity index (χ4n) is 5.15. The first kappa shape index (κ1) is 18.7. The fourth-order valence-corrected chi connectivity index (χ4v) is 5.15. The van der Waals surface area contributed by atoms with E-state index in [4.69, 9.17) is 4.74 Å². The highest BCUT2D eigenvalue weighted by atomic mass is 16.5. The Bertz CT molecular complexity index is 1030. The Kier molecular flexibility index (Phi) is 4.14. The molecule has 2 saturated heterocycles. The number of hydrogen-bond donors (Lipinski definition) is 2. The standard InChI is InChI=1S/C22H22N4O4/c1-12-11-26-17-9-15(14-5-7-23-8-6-14)3-4-16(17)10-22(18(26)13(2)30-12)19(27)24-21(29)25-20(22)28/h3-9,12-13,18H,10-11H2,1-2H3,(H2,24,25,27,28,29)/t12-,13+,18-/m1/s1. The number of imide groups is 2. The van der Waals surface area contributed by atoms with Crippen molar-refractivity contribution in [3.63, 3.8) is 0 Å². The summed E-state index contributed by atoms with van der Waals surface area (Å²) in [4.78, 5) is 44.1. The number of amides is 4. The minimum absolute atomic E-state index is 0.0693. The highest BCUT2D eigenvalue weighted by molar-refractivity contribution is 6.20. The molecular formula is C22H22N4O4. The van der Waals surface area contributed by atoms with Gasteiger partial charge in [0.2, 0.25) is 11.8 Å². The molecule has 2 fully saturated rings. The van der Waals surface area contributed by atoms with E-state index in [1.807, 2.05) is 38.1 Å². The van der Waals surface area contributed by atoms with Crippen molar-refractivity contribution in [1.29, 1.82) is 0 Å². The number of ether oxygens (including phenoxy) is 1. The number of nitrogens with one attached hydrogen (secondary N) is 2. The summed E-state index contributed by atoms with van der Waals surface area (Å²) in [6, 6.07) is 8.63. The van der Waals surface area contributed by atoms with Crippen molar-refractivity contribution in [2.24, 2.45) is 5.41 Å². The van der Waals surface area contributed by atoms with Crippen molar-refractivity contribution >= 4 is 23.5 Å². The molecule has 8 nitrogen and oxygen atoms in total. The van der Waals surface area contributed by atoms with Crippen LogP contribution in [0.2, 0.25) is 0 Å². The molecule has 0 unspecified atom stereocenters. The topological polar surface area (TPSA) is 101 Å². The van der Waals surface area contributed by atoms with Gasteiger partial charge in [0.1, 0.15) is 0 Å². The lowest BCUT2D eigenvalue weighted by Crippen LogP contribution is -2.75. The van der Waals surface area contributed by atoms with Crippen molar-refractivity contribution in [2.45, 2.75) is 38.5 Å². The normalized spacial score (nSPS) is 27.2. The molecule has 0 radical (unpaired) electrons. The number of carbonyl (C=O) groups excluding carboxylic acids is 3. The summed E-state index contributed by atoms with van der Waals surface area (Å²) >= 11 is 0. The van der Waals surface area contributed by atoms with Crippen LogP contribution in [0.25, 0.3) is 11.1 Å². The van der Waals surface area contributed by atoms with Crippen LogP contribution in [0.5, 0.6) is 0 Å². The number of morpholine rings is 1. The van der Waals surface area contributed by atoms with Gasteiger partial charge in [0, 0.05) is 24.6 Å². The summed E-state index contributed by atoms with van der Waals surface area (Å²) in [6.45, 7) is 4.40. The number of carbonyl (C=O) groups is 3. The van der Waals surface area contributed by atoms with Gasteiger partial charge < -0.3 is 9.64 Å². The molecule has 1 spiro atoms. The Labute approximate surface area is 173 Å². The van der Waals surface area contributed by atoms with Crippen LogP contribution in [0.1, 0.15) is 19.4 Å². The third-order valence-electron chi connectivity index (χ3n) is 6.33. The zero-order chi connectivity index (χ0) is 21.0. The SMILES string of the molecule is C[C@@H]1CN2c3cc(-c4ccncc4)ccc3CC3(C(=O)NC(=O)NC3=O)[C@H]2[C@H](C)O1. The monoisotopic (exact) mass is 406 g/mol. The molecule has 1 aromatic heterocycles. The molecule has 0 saturated carbocycles. The molecule has 30 heavy (non-hydrogen) atoms. The Hall–Kier alpha value is -3.26. The summed E-state index contributed by atoms with van der Waals surface area (Å²) < 4.78 is 6.04. The number of anilines is 1. The average Bonchev–Trinajstić information content (AvgIpc) is 2.72. The van der Waals surface area contributed by atoms with Crippen LogP contribution >= 0.6 is 0 Å². The molecule has 2 N–H and O–H groups in total. The van der Waals surface area contributed by atoms with Crippen molar-refractivity contribution in [2.75, 3.05) is 11.4 Å². The van der Waals surface area contributed by atoms with Crippen LogP contribution in [-0.2, 0) is 20.7 Å². The predicted molar refractivity (Wildman–Crippen MR) is 109 cm³/mol. The second-order valence-corrected chi connectivity index (χ2v) is 8.21. The van der Waals surface area contributed by atoms with E-state index in [2.05, 4.69) is 26.6 Å². The van der Waals surface area contributed by atoms with Gasteiger partial charge in [-0.2, -0.15) is 0 Å².